The average Bonchev–Trinajstić information content (AvgIpc) is 3.24. The molecule has 0 saturated heterocycles. The van der Waals surface area contributed by atoms with Crippen LogP contribution in [-0.2, 0) is 4.79 Å². The molecule has 0 aliphatic carbocycles. The topological polar surface area (TPSA) is 97.9 Å². The Hall–Kier alpha value is -3.13. The van der Waals surface area contributed by atoms with Gasteiger partial charge in [0.1, 0.15) is 17.6 Å². The lowest BCUT2D eigenvalue weighted by Crippen LogP contribution is -2.31. The van der Waals surface area contributed by atoms with E-state index in [1.165, 1.54) is 4.68 Å². The summed E-state index contributed by atoms with van der Waals surface area (Å²) in [5.41, 5.74) is 1.75. The molecule has 0 fully saturated rings. The summed E-state index contributed by atoms with van der Waals surface area (Å²) in [5.74, 6) is 1.49. The van der Waals surface area contributed by atoms with Gasteiger partial charge >= 0.3 is 0 Å². The van der Waals surface area contributed by atoms with E-state index in [0.717, 1.165) is 5.76 Å². The van der Waals surface area contributed by atoms with Crippen molar-refractivity contribution < 1.29 is 9.21 Å². The van der Waals surface area contributed by atoms with Crippen molar-refractivity contribution >= 4 is 29.1 Å². The SMILES string of the molecule is CC1=C(C(=O)Nc2ccc(Cl)cc2)C(c2ccc(C)o2)n2nnnc2N1. The van der Waals surface area contributed by atoms with E-state index >= 15 is 0 Å². The first-order chi connectivity index (χ1) is 12.5. The van der Waals surface area contributed by atoms with Crippen LogP contribution in [0.2, 0.25) is 5.02 Å². The second-order valence-corrected chi connectivity index (χ2v) is 6.36. The highest BCUT2D eigenvalue weighted by Crippen LogP contribution is 2.35. The van der Waals surface area contributed by atoms with Gasteiger partial charge in [-0.05, 0) is 60.7 Å². The molecule has 132 valence electrons. The molecule has 1 atom stereocenters. The molecule has 0 spiro atoms. The molecule has 4 rings (SSSR count). The highest BCUT2D eigenvalue weighted by Gasteiger charge is 2.35. The lowest BCUT2D eigenvalue weighted by atomic mass is 10.00. The van der Waals surface area contributed by atoms with E-state index in [4.69, 9.17) is 16.0 Å². The van der Waals surface area contributed by atoms with Gasteiger partial charge < -0.3 is 15.1 Å². The number of benzene rings is 1. The molecule has 8 nitrogen and oxygen atoms in total. The van der Waals surface area contributed by atoms with Crippen LogP contribution in [0, 0.1) is 6.92 Å². The minimum atomic E-state index is -0.567. The summed E-state index contributed by atoms with van der Waals surface area (Å²) >= 11 is 5.90. The van der Waals surface area contributed by atoms with E-state index in [1.807, 2.05) is 19.1 Å². The van der Waals surface area contributed by atoms with E-state index in [9.17, 15) is 4.79 Å². The normalized spacial score (nSPS) is 16.2. The van der Waals surface area contributed by atoms with Gasteiger partial charge in [0.2, 0.25) is 5.95 Å². The van der Waals surface area contributed by atoms with Crippen molar-refractivity contribution in [3.63, 3.8) is 0 Å². The minimum absolute atomic E-state index is 0.280. The largest absolute Gasteiger partial charge is 0.464 e. The van der Waals surface area contributed by atoms with Crippen molar-refractivity contribution in [3.05, 3.63) is 64.2 Å². The van der Waals surface area contributed by atoms with Crippen LogP contribution in [0.5, 0.6) is 0 Å². The van der Waals surface area contributed by atoms with Gasteiger partial charge in [-0.15, -0.1) is 0 Å². The summed E-state index contributed by atoms with van der Waals surface area (Å²) in [6.07, 6.45) is 0. The zero-order valence-corrected chi connectivity index (χ0v) is 14.8. The Balaban J connectivity index is 1.74. The third-order valence-corrected chi connectivity index (χ3v) is 4.34. The van der Waals surface area contributed by atoms with Gasteiger partial charge in [-0.2, -0.15) is 4.68 Å². The molecule has 0 radical (unpaired) electrons. The zero-order chi connectivity index (χ0) is 18.3. The van der Waals surface area contributed by atoms with Crippen LogP contribution in [-0.4, -0.2) is 26.1 Å². The van der Waals surface area contributed by atoms with Crippen molar-refractivity contribution in [1.82, 2.24) is 20.2 Å². The Morgan fingerprint density at radius 3 is 2.69 bits per heavy atom. The molecule has 1 aromatic carbocycles. The quantitative estimate of drug-likeness (QED) is 0.735. The summed E-state index contributed by atoms with van der Waals surface area (Å²) < 4.78 is 7.30. The predicted molar refractivity (Wildman–Crippen MR) is 95.8 cm³/mol. The van der Waals surface area contributed by atoms with Gasteiger partial charge in [-0.3, -0.25) is 4.79 Å². The van der Waals surface area contributed by atoms with Gasteiger partial charge in [0, 0.05) is 16.4 Å². The average molecular weight is 371 g/mol. The molecule has 3 heterocycles. The van der Waals surface area contributed by atoms with Gasteiger partial charge in [0.25, 0.3) is 5.91 Å². The van der Waals surface area contributed by atoms with Crippen LogP contribution < -0.4 is 10.6 Å². The first-order valence-corrected chi connectivity index (χ1v) is 8.29. The fourth-order valence-corrected chi connectivity index (χ4v) is 3.03. The Morgan fingerprint density at radius 1 is 1.23 bits per heavy atom. The maximum atomic E-state index is 13.0. The Labute approximate surface area is 153 Å². The Bertz CT molecular complexity index is 1000. The number of nitrogens with one attached hydrogen (secondary N) is 2. The van der Waals surface area contributed by atoms with Crippen molar-refractivity contribution in [2.45, 2.75) is 19.9 Å². The molecule has 1 amide bonds. The fourth-order valence-electron chi connectivity index (χ4n) is 2.90. The summed E-state index contributed by atoms with van der Waals surface area (Å²) in [5, 5.41) is 18.2. The molecule has 1 aliphatic rings. The standard InChI is InChI=1S/C17H15ClN6O2/c1-9-3-8-13(26-9)15-14(10(2)19-17-21-22-23-24(15)17)16(25)20-12-6-4-11(18)5-7-12/h3-8,15H,1-2H3,(H,20,25)(H,19,21,23). The molecule has 1 unspecified atom stereocenters. The third-order valence-electron chi connectivity index (χ3n) is 4.09. The number of fused-ring (bicyclic) bond motifs is 1. The molecule has 26 heavy (non-hydrogen) atoms. The van der Waals surface area contributed by atoms with Gasteiger partial charge in [0.05, 0.1) is 5.57 Å². The minimum Gasteiger partial charge on any atom is -0.464 e. The smallest absolute Gasteiger partial charge is 0.256 e. The Kier molecular flexibility index (Phi) is 3.96. The number of carbonyl (C=O) groups is 1. The number of allylic oxidation sites excluding steroid dienone is 1. The summed E-state index contributed by atoms with van der Waals surface area (Å²) in [6, 6.07) is 9.99. The lowest BCUT2D eigenvalue weighted by molar-refractivity contribution is -0.113. The van der Waals surface area contributed by atoms with Crippen LogP contribution in [0.4, 0.5) is 11.6 Å². The number of halogens is 1. The summed E-state index contributed by atoms with van der Waals surface area (Å²) in [4.78, 5) is 13.0. The first-order valence-electron chi connectivity index (χ1n) is 7.92. The second kappa shape index (κ2) is 6.30. The number of amides is 1. The lowest BCUT2D eigenvalue weighted by Gasteiger charge is -2.26. The third kappa shape index (κ3) is 2.84. The number of aryl methyl sites for hydroxylation is 1. The van der Waals surface area contributed by atoms with Crippen LogP contribution in [0.3, 0.4) is 0 Å². The molecule has 2 N–H and O–H groups in total. The van der Waals surface area contributed by atoms with E-state index < -0.39 is 6.04 Å². The molecule has 2 aromatic heterocycles. The summed E-state index contributed by atoms with van der Waals surface area (Å²) in [6.45, 7) is 3.65. The van der Waals surface area contributed by atoms with Gasteiger partial charge in [-0.25, -0.2) is 0 Å². The number of carbonyl (C=O) groups excluding carboxylic acids is 1. The van der Waals surface area contributed by atoms with Gasteiger partial charge in [-0.1, -0.05) is 16.7 Å². The van der Waals surface area contributed by atoms with Crippen LogP contribution >= 0.6 is 11.6 Å². The molecule has 3 aromatic rings. The maximum Gasteiger partial charge on any atom is 0.256 e. The first kappa shape index (κ1) is 16.3. The summed E-state index contributed by atoms with van der Waals surface area (Å²) in [7, 11) is 0. The van der Waals surface area contributed by atoms with Crippen LogP contribution in [0.1, 0.15) is 24.5 Å². The van der Waals surface area contributed by atoms with E-state index in [2.05, 4.69) is 26.2 Å². The highest BCUT2D eigenvalue weighted by atomic mass is 35.5. The van der Waals surface area contributed by atoms with E-state index in [0.29, 0.717) is 33.7 Å². The molecule has 0 bridgehead atoms. The fraction of sp³-hybridized carbons (Fsp3) is 0.176. The monoisotopic (exact) mass is 370 g/mol. The number of furan rings is 1. The van der Waals surface area contributed by atoms with Gasteiger partial charge in [0.15, 0.2) is 0 Å². The number of hydrogen-bond donors (Lipinski definition) is 2. The number of hydrogen-bond acceptors (Lipinski definition) is 6. The van der Waals surface area contributed by atoms with Crippen molar-refractivity contribution in [1.29, 1.82) is 0 Å². The highest BCUT2D eigenvalue weighted by molar-refractivity contribution is 6.30. The molecule has 1 aliphatic heterocycles. The van der Waals surface area contributed by atoms with Crippen molar-refractivity contribution in [3.8, 4) is 0 Å². The van der Waals surface area contributed by atoms with Crippen molar-refractivity contribution in [2.24, 2.45) is 0 Å². The Morgan fingerprint density at radius 2 is 2.00 bits per heavy atom. The maximum absolute atomic E-state index is 13.0. The van der Waals surface area contributed by atoms with Crippen LogP contribution in [0.25, 0.3) is 0 Å². The van der Waals surface area contributed by atoms with Crippen molar-refractivity contribution in [2.75, 3.05) is 10.6 Å². The van der Waals surface area contributed by atoms with E-state index in [1.54, 1.807) is 31.2 Å². The molecular weight excluding hydrogens is 356 g/mol. The number of rotatable bonds is 3. The molecule has 9 heteroatoms. The number of aromatic nitrogens is 4. The number of anilines is 2. The number of tetrazole rings is 1. The predicted octanol–water partition coefficient (Wildman–Crippen LogP) is 3.16. The number of nitrogens with zero attached hydrogens (tertiary/aromatic N) is 4. The second-order valence-electron chi connectivity index (χ2n) is 5.92. The zero-order valence-electron chi connectivity index (χ0n) is 14.0. The molecular formula is C17H15ClN6O2. The van der Waals surface area contributed by atoms with E-state index in [-0.39, 0.29) is 5.91 Å². The van der Waals surface area contributed by atoms with Crippen LogP contribution in [0.15, 0.2) is 52.1 Å². The molecule has 0 saturated carbocycles.